The number of likely N-dealkylation sites (tertiary alicyclic amines) is 1. The minimum Gasteiger partial charge on any atom is -0.357 e. The average Bonchev–Trinajstić information content (AvgIpc) is 2.91. The molecule has 1 aliphatic rings. The van der Waals surface area contributed by atoms with Gasteiger partial charge in [-0.3, -0.25) is 9.89 Å². The number of nitrogens with zero attached hydrogens (tertiary/aromatic N) is 3. The van der Waals surface area contributed by atoms with Gasteiger partial charge in [0.25, 0.3) is 0 Å². The summed E-state index contributed by atoms with van der Waals surface area (Å²) in [7, 11) is 2.08. The van der Waals surface area contributed by atoms with E-state index in [4.69, 9.17) is 0 Å². The fourth-order valence-electron chi connectivity index (χ4n) is 2.71. The Bertz CT molecular complexity index is 386. The van der Waals surface area contributed by atoms with E-state index in [0.717, 1.165) is 19.5 Å². The van der Waals surface area contributed by atoms with Crippen molar-refractivity contribution in [3.63, 3.8) is 0 Å². The van der Waals surface area contributed by atoms with E-state index >= 15 is 0 Å². The first-order valence-corrected chi connectivity index (χ1v) is 8.79. The van der Waals surface area contributed by atoms with Gasteiger partial charge in [0.1, 0.15) is 0 Å². The maximum atomic E-state index is 12.5. The van der Waals surface area contributed by atoms with Gasteiger partial charge in [0.15, 0.2) is 5.96 Å². The monoisotopic (exact) mass is 351 g/mol. The topological polar surface area (TPSA) is 42.9 Å². The van der Waals surface area contributed by atoms with Gasteiger partial charge in [-0.25, -0.2) is 0 Å². The number of halogens is 3. The molecule has 1 rings (SSSR count). The van der Waals surface area contributed by atoms with Crippen molar-refractivity contribution in [1.29, 1.82) is 0 Å². The predicted octanol–water partition coefficient (Wildman–Crippen LogP) is 1.91. The summed E-state index contributed by atoms with van der Waals surface area (Å²) < 4.78 is 37.4. The van der Waals surface area contributed by atoms with Gasteiger partial charge < -0.3 is 15.5 Å². The lowest BCUT2D eigenvalue weighted by Crippen LogP contribution is -2.45. The highest BCUT2D eigenvalue weighted by Crippen LogP contribution is 2.19. The van der Waals surface area contributed by atoms with Gasteiger partial charge >= 0.3 is 6.18 Å². The van der Waals surface area contributed by atoms with Gasteiger partial charge in [-0.05, 0) is 33.7 Å². The largest absolute Gasteiger partial charge is 0.401 e. The number of guanidine groups is 1. The van der Waals surface area contributed by atoms with Gasteiger partial charge in [-0.1, -0.05) is 6.92 Å². The molecule has 2 N–H and O–H groups in total. The van der Waals surface area contributed by atoms with Crippen LogP contribution in [0.15, 0.2) is 4.99 Å². The van der Waals surface area contributed by atoms with E-state index in [-0.39, 0.29) is 6.04 Å². The Kier molecular flexibility index (Phi) is 8.83. The van der Waals surface area contributed by atoms with Crippen molar-refractivity contribution in [3.05, 3.63) is 0 Å². The maximum Gasteiger partial charge on any atom is 0.401 e. The Morgan fingerprint density at radius 2 is 2.08 bits per heavy atom. The van der Waals surface area contributed by atoms with Crippen molar-refractivity contribution >= 4 is 5.96 Å². The van der Waals surface area contributed by atoms with Gasteiger partial charge in [0, 0.05) is 38.3 Å². The second-order valence-electron chi connectivity index (χ2n) is 6.48. The second-order valence-corrected chi connectivity index (χ2v) is 6.48. The zero-order valence-electron chi connectivity index (χ0n) is 15.3. The molecule has 0 aromatic heterocycles. The molecule has 0 bridgehead atoms. The molecule has 2 unspecified atom stereocenters. The van der Waals surface area contributed by atoms with E-state index < -0.39 is 12.7 Å². The Labute approximate surface area is 143 Å². The Morgan fingerprint density at radius 3 is 2.67 bits per heavy atom. The van der Waals surface area contributed by atoms with Crippen LogP contribution in [0, 0.1) is 0 Å². The second kappa shape index (κ2) is 10.1. The highest BCUT2D eigenvalue weighted by Gasteiger charge is 2.34. The zero-order chi connectivity index (χ0) is 18.2. The molecule has 1 heterocycles. The normalized spacial score (nSPS) is 21.3. The van der Waals surface area contributed by atoms with Crippen LogP contribution in [0.2, 0.25) is 0 Å². The van der Waals surface area contributed by atoms with Crippen LogP contribution in [0.4, 0.5) is 13.2 Å². The molecule has 142 valence electrons. The molecule has 0 spiro atoms. The molecule has 0 aromatic carbocycles. The SMILES string of the molecule is CCNC(=NCCN(C)C(C)CC)NC1CCN(CC(F)(F)F)C1. The lowest BCUT2D eigenvalue weighted by atomic mass is 10.2. The number of nitrogens with one attached hydrogen (secondary N) is 2. The Hall–Kier alpha value is -1.02. The number of alkyl halides is 3. The standard InChI is InChI=1S/C16H32F3N5/c1-5-13(3)23(4)10-8-21-15(20-6-2)22-14-7-9-24(11-14)12-16(17,18)19/h13-14H,5-12H2,1-4H3,(H2,20,21,22). The Morgan fingerprint density at radius 1 is 1.38 bits per heavy atom. The molecule has 1 aliphatic heterocycles. The van der Waals surface area contributed by atoms with Gasteiger partial charge in [-0.15, -0.1) is 0 Å². The third kappa shape index (κ3) is 8.19. The third-order valence-electron chi connectivity index (χ3n) is 4.43. The van der Waals surface area contributed by atoms with Crippen LogP contribution in [0.1, 0.15) is 33.6 Å². The molecule has 2 atom stereocenters. The molecule has 1 fully saturated rings. The summed E-state index contributed by atoms with van der Waals surface area (Å²) in [6.07, 6.45) is -2.34. The van der Waals surface area contributed by atoms with Crippen LogP contribution in [0.3, 0.4) is 0 Å². The van der Waals surface area contributed by atoms with Crippen LogP contribution >= 0.6 is 0 Å². The third-order valence-corrected chi connectivity index (χ3v) is 4.43. The Balaban J connectivity index is 2.44. The summed E-state index contributed by atoms with van der Waals surface area (Å²) in [5, 5.41) is 6.43. The quantitative estimate of drug-likeness (QED) is 0.518. The van der Waals surface area contributed by atoms with Crippen molar-refractivity contribution in [1.82, 2.24) is 20.4 Å². The molecule has 0 radical (unpaired) electrons. The zero-order valence-corrected chi connectivity index (χ0v) is 15.3. The number of hydrogen-bond acceptors (Lipinski definition) is 3. The fourth-order valence-corrected chi connectivity index (χ4v) is 2.71. The number of aliphatic imine (C=N–C) groups is 1. The summed E-state index contributed by atoms with van der Waals surface area (Å²) in [5.74, 6) is 0.689. The summed E-state index contributed by atoms with van der Waals surface area (Å²) >= 11 is 0. The van der Waals surface area contributed by atoms with Crippen LogP contribution < -0.4 is 10.6 Å². The lowest BCUT2D eigenvalue weighted by Gasteiger charge is -2.23. The molecule has 1 saturated heterocycles. The van der Waals surface area contributed by atoms with Crippen molar-refractivity contribution < 1.29 is 13.2 Å². The van der Waals surface area contributed by atoms with E-state index in [1.165, 1.54) is 4.90 Å². The average molecular weight is 351 g/mol. The van der Waals surface area contributed by atoms with Gasteiger partial charge in [0.05, 0.1) is 13.1 Å². The van der Waals surface area contributed by atoms with E-state index in [9.17, 15) is 13.2 Å². The van der Waals surface area contributed by atoms with Crippen molar-refractivity contribution in [2.45, 2.75) is 51.9 Å². The number of hydrogen-bond donors (Lipinski definition) is 2. The summed E-state index contributed by atoms with van der Waals surface area (Å²) in [6.45, 7) is 8.59. The van der Waals surface area contributed by atoms with Crippen LogP contribution in [0.25, 0.3) is 0 Å². The fraction of sp³-hybridized carbons (Fsp3) is 0.938. The number of rotatable bonds is 8. The maximum absolute atomic E-state index is 12.5. The van der Waals surface area contributed by atoms with Crippen LogP contribution in [-0.4, -0.2) is 80.3 Å². The minimum atomic E-state index is -4.13. The highest BCUT2D eigenvalue weighted by molar-refractivity contribution is 5.80. The van der Waals surface area contributed by atoms with Crippen molar-refractivity contribution in [2.75, 3.05) is 46.3 Å². The molecule has 0 aromatic rings. The lowest BCUT2D eigenvalue weighted by molar-refractivity contribution is -0.143. The predicted molar refractivity (Wildman–Crippen MR) is 92.4 cm³/mol. The molecule has 24 heavy (non-hydrogen) atoms. The van der Waals surface area contributed by atoms with Gasteiger partial charge in [0.2, 0.25) is 0 Å². The highest BCUT2D eigenvalue weighted by atomic mass is 19.4. The molecule has 5 nitrogen and oxygen atoms in total. The summed E-state index contributed by atoms with van der Waals surface area (Å²) in [5.41, 5.74) is 0. The molecular weight excluding hydrogens is 319 g/mol. The smallest absolute Gasteiger partial charge is 0.357 e. The minimum absolute atomic E-state index is 0.0115. The van der Waals surface area contributed by atoms with E-state index in [0.29, 0.717) is 38.1 Å². The summed E-state index contributed by atoms with van der Waals surface area (Å²) in [6, 6.07) is 0.527. The van der Waals surface area contributed by atoms with Crippen LogP contribution in [-0.2, 0) is 0 Å². The first kappa shape index (κ1) is 21.0. The van der Waals surface area contributed by atoms with Crippen LogP contribution in [0.5, 0.6) is 0 Å². The first-order valence-electron chi connectivity index (χ1n) is 8.79. The van der Waals surface area contributed by atoms with Crippen molar-refractivity contribution in [3.8, 4) is 0 Å². The van der Waals surface area contributed by atoms with Gasteiger partial charge in [-0.2, -0.15) is 13.2 Å². The first-order chi connectivity index (χ1) is 11.2. The van der Waals surface area contributed by atoms with E-state index in [2.05, 4.69) is 41.4 Å². The summed E-state index contributed by atoms with van der Waals surface area (Å²) in [4.78, 5) is 8.25. The van der Waals surface area contributed by atoms with E-state index in [1.54, 1.807) is 0 Å². The molecule has 0 saturated carbocycles. The molecule has 0 amide bonds. The molecule has 8 heteroatoms. The van der Waals surface area contributed by atoms with E-state index in [1.807, 2.05) is 6.92 Å². The van der Waals surface area contributed by atoms with Crippen molar-refractivity contribution in [2.24, 2.45) is 4.99 Å². The number of likely N-dealkylation sites (N-methyl/N-ethyl adjacent to an activating group) is 1. The molecule has 0 aliphatic carbocycles. The molecular formula is C16H32F3N5.